The fourth-order valence-electron chi connectivity index (χ4n) is 3.27. The molecule has 10 heteroatoms. The van der Waals surface area contributed by atoms with Gasteiger partial charge < -0.3 is 5.32 Å². The van der Waals surface area contributed by atoms with E-state index in [0.717, 1.165) is 16.8 Å². The van der Waals surface area contributed by atoms with Gasteiger partial charge in [-0.1, -0.05) is 64.6 Å². The number of halogens is 4. The van der Waals surface area contributed by atoms with Crippen LogP contribution in [-0.2, 0) is 17.9 Å². The van der Waals surface area contributed by atoms with Gasteiger partial charge in [-0.05, 0) is 42.0 Å². The van der Waals surface area contributed by atoms with Crippen molar-refractivity contribution in [2.24, 2.45) is 0 Å². The van der Waals surface area contributed by atoms with Gasteiger partial charge in [0, 0.05) is 30.2 Å². The summed E-state index contributed by atoms with van der Waals surface area (Å²) < 4.78 is 0. The van der Waals surface area contributed by atoms with Crippen molar-refractivity contribution in [2.75, 3.05) is 11.9 Å². The van der Waals surface area contributed by atoms with E-state index in [4.69, 9.17) is 46.4 Å². The van der Waals surface area contributed by atoms with Crippen LogP contribution < -0.4 is 5.32 Å². The second-order valence-electron chi connectivity index (χ2n) is 7.43. The largest absolute Gasteiger partial charge is 0.301 e. The van der Waals surface area contributed by atoms with Crippen LogP contribution in [0.25, 0.3) is 11.3 Å². The lowest BCUT2D eigenvalue weighted by Crippen LogP contribution is -2.32. The monoisotopic (exact) mass is 550 g/mol. The minimum atomic E-state index is -0.189. The molecule has 174 valence electrons. The third kappa shape index (κ3) is 6.69. The summed E-state index contributed by atoms with van der Waals surface area (Å²) in [6.45, 7) is 1.12. The second-order valence-corrected chi connectivity index (χ2v) is 9.92. The topological polar surface area (TPSA) is 58.1 Å². The normalized spacial score (nSPS) is 11.1. The van der Waals surface area contributed by atoms with Gasteiger partial charge in [-0.15, -0.1) is 11.3 Å². The van der Waals surface area contributed by atoms with Crippen molar-refractivity contribution in [2.45, 2.75) is 13.1 Å². The number of nitrogens with zero attached hydrogens (tertiary/aromatic N) is 3. The Morgan fingerprint density at radius 3 is 2.38 bits per heavy atom. The Labute approximate surface area is 221 Å². The molecule has 0 spiro atoms. The molecule has 1 N–H and O–H groups in total. The van der Waals surface area contributed by atoms with Gasteiger partial charge in [0.05, 0.1) is 38.0 Å². The van der Waals surface area contributed by atoms with Crippen molar-refractivity contribution in [3.8, 4) is 11.3 Å². The Bertz CT molecular complexity index is 1300. The third-order valence-corrected chi connectivity index (χ3v) is 7.07. The van der Waals surface area contributed by atoms with Crippen LogP contribution in [0.2, 0.25) is 20.1 Å². The van der Waals surface area contributed by atoms with Gasteiger partial charge in [0.25, 0.3) is 0 Å². The number of carbonyl (C=O) groups is 1. The third-order valence-electron chi connectivity index (χ3n) is 4.84. The molecule has 0 bridgehead atoms. The summed E-state index contributed by atoms with van der Waals surface area (Å²) >= 11 is 25.7. The van der Waals surface area contributed by atoms with Gasteiger partial charge in [-0.3, -0.25) is 14.7 Å². The molecule has 0 unspecified atom stereocenters. The molecule has 4 rings (SSSR count). The maximum Gasteiger partial charge on any atom is 0.240 e. The van der Waals surface area contributed by atoms with E-state index in [2.05, 4.69) is 15.3 Å². The van der Waals surface area contributed by atoms with Crippen molar-refractivity contribution in [1.29, 1.82) is 0 Å². The number of hydrogen-bond donors (Lipinski definition) is 1. The van der Waals surface area contributed by atoms with E-state index in [-0.39, 0.29) is 12.5 Å². The zero-order valence-electron chi connectivity index (χ0n) is 17.6. The first kappa shape index (κ1) is 24.9. The second kappa shape index (κ2) is 11.5. The first-order valence-corrected chi connectivity index (χ1v) is 12.5. The quantitative estimate of drug-likeness (QED) is 0.247. The number of pyridine rings is 1. The van der Waals surface area contributed by atoms with E-state index in [1.54, 1.807) is 30.5 Å². The lowest BCUT2D eigenvalue weighted by molar-refractivity contribution is -0.117. The maximum absolute atomic E-state index is 12.9. The van der Waals surface area contributed by atoms with Crippen molar-refractivity contribution < 1.29 is 4.79 Å². The van der Waals surface area contributed by atoms with Crippen LogP contribution in [0, 0.1) is 0 Å². The van der Waals surface area contributed by atoms with E-state index in [1.165, 1.54) is 11.3 Å². The predicted molar refractivity (Wildman–Crippen MR) is 141 cm³/mol. The average Bonchev–Trinajstić information content (AvgIpc) is 3.27. The SMILES string of the molecule is O=C(CN(Cc1ccc(Cl)c(Cl)c1)Cc1ccccn1)Nc1nc(-c2ccc(Cl)c(Cl)c2)cs1. The first-order valence-electron chi connectivity index (χ1n) is 10.1. The highest BCUT2D eigenvalue weighted by molar-refractivity contribution is 7.14. The summed E-state index contributed by atoms with van der Waals surface area (Å²) in [5, 5.41) is 7.12. The minimum Gasteiger partial charge on any atom is -0.301 e. The van der Waals surface area contributed by atoms with Gasteiger partial charge in [0.2, 0.25) is 5.91 Å². The molecule has 2 aromatic carbocycles. The van der Waals surface area contributed by atoms with Gasteiger partial charge in [0.15, 0.2) is 5.13 Å². The molecule has 0 saturated heterocycles. The van der Waals surface area contributed by atoms with Gasteiger partial charge in [-0.25, -0.2) is 4.98 Å². The summed E-state index contributed by atoms with van der Waals surface area (Å²) in [7, 11) is 0. The lowest BCUT2D eigenvalue weighted by Gasteiger charge is -2.21. The molecule has 0 fully saturated rings. The molecule has 0 radical (unpaired) electrons. The summed E-state index contributed by atoms with van der Waals surface area (Å²) in [5.74, 6) is -0.189. The molecule has 34 heavy (non-hydrogen) atoms. The zero-order valence-corrected chi connectivity index (χ0v) is 21.5. The van der Waals surface area contributed by atoms with Crippen LogP contribution in [-0.4, -0.2) is 27.3 Å². The molecule has 0 aliphatic rings. The molecule has 2 aromatic heterocycles. The summed E-state index contributed by atoms with van der Waals surface area (Å²) in [6, 6.07) is 16.4. The van der Waals surface area contributed by atoms with Crippen molar-refractivity contribution >= 4 is 68.8 Å². The van der Waals surface area contributed by atoms with E-state index in [0.29, 0.717) is 44.0 Å². The van der Waals surface area contributed by atoms with Crippen LogP contribution in [0.4, 0.5) is 5.13 Å². The molecule has 0 saturated carbocycles. The standard InChI is InChI=1S/C24H18Cl4N4OS/c25-18-6-4-15(9-20(18)27)11-32(12-17-3-1-2-8-29-17)13-23(33)31-24-30-22(14-34-24)16-5-7-19(26)21(28)10-16/h1-10,14H,11-13H2,(H,30,31,33). The Morgan fingerprint density at radius 2 is 1.68 bits per heavy atom. The molecular formula is C24H18Cl4N4OS. The highest BCUT2D eigenvalue weighted by Gasteiger charge is 2.16. The van der Waals surface area contributed by atoms with Crippen molar-refractivity contribution in [3.63, 3.8) is 0 Å². The predicted octanol–water partition coefficient (Wildman–Crippen LogP) is 7.46. The van der Waals surface area contributed by atoms with Gasteiger partial charge >= 0.3 is 0 Å². The van der Waals surface area contributed by atoms with Crippen LogP contribution in [0.15, 0.2) is 66.2 Å². The number of carbonyl (C=O) groups excluding carboxylic acids is 1. The fourth-order valence-corrected chi connectivity index (χ4v) is 4.62. The average molecular weight is 552 g/mol. The number of anilines is 1. The molecule has 5 nitrogen and oxygen atoms in total. The number of benzene rings is 2. The summed E-state index contributed by atoms with van der Waals surface area (Å²) in [5.41, 5.74) is 3.32. The molecule has 0 aliphatic carbocycles. The Hall–Kier alpha value is -2.19. The Kier molecular flexibility index (Phi) is 8.42. The fraction of sp³-hybridized carbons (Fsp3) is 0.125. The molecule has 0 aliphatic heterocycles. The number of aromatic nitrogens is 2. The lowest BCUT2D eigenvalue weighted by atomic mass is 10.2. The highest BCUT2D eigenvalue weighted by atomic mass is 35.5. The Balaban J connectivity index is 1.46. The van der Waals surface area contributed by atoms with Crippen LogP contribution in [0.5, 0.6) is 0 Å². The van der Waals surface area contributed by atoms with Crippen molar-refractivity contribution in [3.05, 3.63) is 97.5 Å². The number of rotatable bonds is 8. The molecular weight excluding hydrogens is 534 g/mol. The molecule has 1 amide bonds. The van der Waals surface area contributed by atoms with E-state index in [1.807, 2.05) is 40.6 Å². The molecule has 2 heterocycles. The smallest absolute Gasteiger partial charge is 0.240 e. The zero-order chi connectivity index (χ0) is 24.1. The number of hydrogen-bond acceptors (Lipinski definition) is 5. The van der Waals surface area contributed by atoms with Crippen molar-refractivity contribution in [1.82, 2.24) is 14.9 Å². The van der Waals surface area contributed by atoms with Gasteiger partial charge in [0.1, 0.15) is 0 Å². The number of nitrogens with one attached hydrogen (secondary N) is 1. The summed E-state index contributed by atoms with van der Waals surface area (Å²) in [6.07, 6.45) is 1.73. The minimum absolute atomic E-state index is 0.137. The summed E-state index contributed by atoms with van der Waals surface area (Å²) in [4.78, 5) is 23.7. The molecule has 4 aromatic rings. The van der Waals surface area contributed by atoms with Crippen LogP contribution in [0.3, 0.4) is 0 Å². The van der Waals surface area contributed by atoms with Crippen LogP contribution >= 0.6 is 57.7 Å². The Morgan fingerprint density at radius 1 is 0.912 bits per heavy atom. The number of thiazole rings is 1. The maximum atomic E-state index is 12.9. The first-order chi connectivity index (χ1) is 16.4. The number of amides is 1. The van der Waals surface area contributed by atoms with Crippen LogP contribution in [0.1, 0.15) is 11.3 Å². The van der Waals surface area contributed by atoms with E-state index in [9.17, 15) is 4.79 Å². The van der Waals surface area contributed by atoms with Gasteiger partial charge in [-0.2, -0.15) is 0 Å². The molecule has 0 atom stereocenters. The highest BCUT2D eigenvalue weighted by Crippen LogP contribution is 2.30. The van der Waals surface area contributed by atoms with E-state index < -0.39 is 0 Å². The van der Waals surface area contributed by atoms with E-state index >= 15 is 0 Å².